The summed E-state index contributed by atoms with van der Waals surface area (Å²) >= 11 is 0. The first-order chi connectivity index (χ1) is 20.3. The maximum absolute atomic E-state index is 15.9. The number of nitrogens with two attached hydrogens (primary N) is 1. The molecule has 4 N–H and O–H groups in total. The van der Waals surface area contributed by atoms with Crippen molar-refractivity contribution in [3.05, 3.63) is 75.7 Å². The Hall–Kier alpha value is -4.46. The third-order valence-corrected chi connectivity index (χ3v) is 7.95. The number of carbonyl (C=O) groups is 1. The number of aromatic amines is 1. The van der Waals surface area contributed by atoms with Crippen molar-refractivity contribution >= 4 is 34.5 Å². The Morgan fingerprint density at radius 1 is 1.09 bits per heavy atom. The minimum absolute atomic E-state index is 0.0839. The molecule has 14 heteroatoms. The van der Waals surface area contributed by atoms with E-state index in [1.165, 1.54) is 24.5 Å². The first kappa shape index (κ1) is 30.0. The summed E-state index contributed by atoms with van der Waals surface area (Å²) in [4.78, 5) is 41.6. The number of hydrogen-bond acceptors (Lipinski definition) is 8. The second-order valence-electron chi connectivity index (χ2n) is 11.0. The molecule has 4 heterocycles. The summed E-state index contributed by atoms with van der Waals surface area (Å²) in [6.07, 6.45) is 1.19. The molecule has 2 aliphatic heterocycles. The van der Waals surface area contributed by atoms with Gasteiger partial charge >= 0.3 is 6.18 Å². The van der Waals surface area contributed by atoms with Crippen LogP contribution in [-0.2, 0) is 6.18 Å². The summed E-state index contributed by atoms with van der Waals surface area (Å²) in [5.74, 6) is -1.21. The third-order valence-electron chi connectivity index (χ3n) is 7.95. The Balaban J connectivity index is 1.55. The number of halogens is 4. The molecule has 2 aliphatic rings. The number of nitrogens with zero attached hydrogens (tertiary/aromatic N) is 5. The highest BCUT2D eigenvalue weighted by Gasteiger charge is 2.36. The van der Waals surface area contributed by atoms with E-state index in [2.05, 4.69) is 25.2 Å². The highest BCUT2D eigenvalue weighted by Crippen LogP contribution is 2.37. The van der Waals surface area contributed by atoms with Crippen molar-refractivity contribution in [2.75, 3.05) is 54.1 Å². The van der Waals surface area contributed by atoms with Crippen LogP contribution in [0.2, 0.25) is 0 Å². The van der Waals surface area contributed by atoms with Gasteiger partial charge in [-0.2, -0.15) is 13.2 Å². The van der Waals surface area contributed by atoms with E-state index in [-0.39, 0.29) is 29.9 Å². The number of rotatable bonds is 5. The molecule has 2 aromatic heterocycles. The summed E-state index contributed by atoms with van der Waals surface area (Å²) in [5, 5.41) is 2.59. The Labute approximate surface area is 245 Å². The molecule has 0 spiro atoms. The summed E-state index contributed by atoms with van der Waals surface area (Å²) in [5.41, 5.74) is 4.27. The van der Waals surface area contributed by atoms with Crippen molar-refractivity contribution in [2.24, 2.45) is 0 Å². The molecule has 0 bridgehead atoms. The smallest absolute Gasteiger partial charge is 0.396 e. The number of alkyl halides is 3. The third kappa shape index (κ3) is 6.33. The van der Waals surface area contributed by atoms with Crippen molar-refractivity contribution in [2.45, 2.75) is 38.5 Å². The number of aromatic nitrogens is 3. The van der Waals surface area contributed by atoms with Gasteiger partial charge in [-0.25, -0.2) is 14.4 Å². The molecule has 1 fully saturated rings. The molecule has 228 valence electrons. The molecular weight excluding hydrogens is 568 g/mol. The van der Waals surface area contributed by atoms with Gasteiger partial charge in [0.2, 0.25) is 11.5 Å². The number of likely N-dealkylation sites (N-methyl/N-ethyl adjacent to an activating group) is 1. The van der Waals surface area contributed by atoms with Crippen molar-refractivity contribution in [3.8, 4) is 0 Å². The van der Waals surface area contributed by atoms with Gasteiger partial charge in [-0.3, -0.25) is 14.5 Å². The Bertz CT molecular complexity index is 1590. The molecule has 43 heavy (non-hydrogen) atoms. The van der Waals surface area contributed by atoms with E-state index in [0.717, 1.165) is 6.20 Å². The predicted molar refractivity (Wildman–Crippen MR) is 157 cm³/mol. The van der Waals surface area contributed by atoms with Gasteiger partial charge < -0.3 is 25.8 Å². The molecule has 0 unspecified atom stereocenters. The fourth-order valence-electron chi connectivity index (χ4n) is 5.46. The van der Waals surface area contributed by atoms with Gasteiger partial charge in [-0.15, -0.1) is 0 Å². The van der Waals surface area contributed by atoms with Crippen LogP contribution in [0.25, 0.3) is 5.57 Å². The molecule has 0 saturated carbocycles. The highest BCUT2D eigenvalue weighted by molar-refractivity contribution is 6.07. The second kappa shape index (κ2) is 11.7. The minimum Gasteiger partial charge on any atom is -0.396 e. The number of nitrogens with one attached hydrogen (secondary N) is 2. The first-order valence-corrected chi connectivity index (χ1v) is 13.8. The van der Waals surface area contributed by atoms with Crippen LogP contribution >= 0.6 is 0 Å². The number of amides is 1. The molecule has 0 aliphatic carbocycles. The van der Waals surface area contributed by atoms with E-state index < -0.39 is 34.6 Å². The standard InChI is InChI=1S/C29H32F4N8O2/c1-16-13-41(14-17(2)39(16)3)25-9-23(30)20(18-5-4-6-40(15-18)28-36-10-19(34)11-37-28)7-24(25)38-27(43)21-12-35-26(42)8-22(21)29(31,32)33/h5,7-12,16-17H,4,6,13-15,34H2,1-3H3,(H,35,42)(H,38,43)/t16-,17+. The molecule has 2 atom stereocenters. The number of benzene rings is 1. The molecular formula is C29H32F4N8O2. The molecule has 1 saturated heterocycles. The number of H-pyrrole nitrogens is 1. The van der Waals surface area contributed by atoms with Crippen LogP contribution in [-0.4, -0.2) is 71.1 Å². The summed E-state index contributed by atoms with van der Waals surface area (Å²) in [6, 6.07) is 3.28. The highest BCUT2D eigenvalue weighted by atomic mass is 19.4. The van der Waals surface area contributed by atoms with Crippen LogP contribution in [0.1, 0.15) is 41.8 Å². The number of piperazine rings is 1. The van der Waals surface area contributed by atoms with Gasteiger partial charge in [0, 0.05) is 56.1 Å². The fraction of sp³-hybridized carbons (Fsp3) is 0.379. The zero-order chi connectivity index (χ0) is 31.1. The molecule has 10 nitrogen and oxygen atoms in total. The van der Waals surface area contributed by atoms with Gasteiger partial charge in [0.25, 0.3) is 5.91 Å². The van der Waals surface area contributed by atoms with Crippen molar-refractivity contribution in [1.29, 1.82) is 0 Å². The largest absolute Gasteiger partial charge is 0.417 e. The van der Waals surface area contributed by atoms with Crippen LogP contribution in [0.4, 0.5) is 40.6 Å². The molecule has 0 radical (unpaired) electrons. The van der Waals surface area contributed by atoms with Crippen LogP contribution in [0.15, 0.2) is 47.7 Å². The predicted octanol–water partition coefficient (Wildman–Crippen LogP) is 3.98. The quantitative estimate of drug-likeness (QED) is 0.376. The summed E-state index contributed by atoms with van der Waals surface area (Å²) < 4.78 is 57.2. The minimum atomic E-state index is -4.94. The van der Waals surface area contributed by atoms with Crippen LogP contribution in [0, 0.1) is 5.82 Å². The lowest BCUT2D eigenvalue weighted by Gasteiger charge is -2.44. The van der Waals surface area contributed by atoms with E-state index in [9.17, 15) is 22.8 Å². The van der Waals surface area contributed by atoms with Crippen molar-refractivity contribution < 1.29 is 22.4 Å². The maximum Gasteiger partial charge on any atom is 0.417 e. The molecule has 5 rings (SSSR count). The number of hydrogen-bond donors (Lipinski definition) is 3. The van der Waals surface area contributed by atoms with Gasteiger partial charge in [0.15, 0.2) is 0 Å². The lowest BCUT2D eigenvalue weighted by Crippen LogP contribution is -2.55. The lowest BCUT2D eigenvalue weighted by molar-refractivity contribution is -0.138. The number of carbonyl (C=O) groups excluding carboxylic acids is 1. The van der Waals surface area contributed by atoms with Crippen molar-refractivity contribution in [1.82, 2.24) is 19.9 Å². The number of nitrogen functional groups attached to an aromatic ring is 1. The van der Waals surface area contributed by atoms with Crippen LogP contribution < -0.4 is 26.4 Å². The van der Waals surface area contributed by atoms with E-state index in [0.29, 0.717) is 55.0 Å². The zero-order valence-corrected chi connectivity index (χ0v) is 23.9. The normalized spacial score (nSPS) is 19.7. The summed E-state index contributed by atoms with van der Waals surface area (Å²) in [6.45, 7) is 5.87. The van der Waals surface area contributed by atoms with Gasteiger partial charge in [0.05, 0.1) is 40.6 Å². The maximum atomic E-state index is 15.9. The van der Waals surface area contributed by atoms with Crippen molar-refractivity contribution in [3.63, 3.8) is 0 Å². The fourth-order valence-corrected chi connectivity index (χ4v) is 5.46. The van der Waals surface area contributed by atoms with E-state index in [4.69, 9.17) is 5.73 Å². The molecule has 3 aromatic rings. The van der Waals surface area contributed by atoms with E-state index >= 15 is 4.39 Å². The van der Waals surface area contributed by atoms with E-state index in [1.54, 1.807) is 0 Å². The van der Waals surface area contributed by atoms with Crippen LogP contribution in [0.5, 0.6) is 0 Å². The molecule has 1 aromatic carbocycles. The number of anilines is 4. The Morgan fingerprint density at radius 3 is 2.42 bits per heavy atom. The monoisotopic (exact) mass is 600 g/mol. The lowest BCUT2D eigenvalue weighted by atomic mass is 9.98. The second-order valence-corrected chi connectivity index (χ2v) is 11.0. The zero-order valence-electron chi connectivity index (χ0n) is 23.9. The number of pyridine rings is 1. The average Bonchev–Trinajstić information content (AvgIpc) is 2.96. The van der Waals surface area contributed by atoms with Gasteiger partial charge in [-0.1, -0.05) is 6.08 Å². The van der Waals surface area contributed by atoms with E-state index in [1.807, 2.05) is 36.8 Å². The van der Waals surface area contributed by atoms with Gasteiger partial charge in [0.1, 0.15) is 5.82 Å². The SMILES string of the molecule is C[C@@H]1CN(c2cc(F)c(C3=CCCN(c4ncc(N)cn4)C3)cc2NC(=O)c2c[nH]c(=O)cc2C(F)(F)F)C[C@H](C)N1C. The Morgan fingerprint density at radius 2 is 1.77 bits per heavy atom. The van der Waals surface area contributed by atoms with Crippen LogP contribution in [0.3, 0.4) is 0 Å². The molecule has 1 amide bonds. The Kier molecular flexibility index (Phi) is 8.14. The topological polar surface area (TPSA) is 123 Å². The van der Waals surface area contributed by atoms with Gasteiger partial charge in [-0.05, 0) is 45.0 Å². The summed E-state index contributed by atoms with van der Waals surface area (Å²) in [7, 11) is 1.99. The average molecular weight is 601 g/mol. The first-order valence-electron chi connectivity index (χ1n) is 13.8.